The molecule has 0 radical (unpaired) electrons. The number of aliphatic imine (C=N–C) groups is 1. The molecule has 2 bridgehead atoms. The quantitative estimate of drug-likeness (QED) is 0.473. The Balaban J connectivity index is 1.52. The van der Waals surface area contributed by atoms with Crippen LogP contribution in [0.1, 0.15) is 18.4 Å². The number of carbonyl (C=O) groups is 1. The van der Waals surface area contributed by atoms with Crippen LogP contribution in [-0.4, -0.2) is 102 Å². The molecule has 0 aliphatic carbocycles. The minimum Gasteiger partial charge on any atom is -0.494 e. The number of nitrogens with one attached hydrogen (secondary N) is 2. The van der Waals surface area contributed by atoms with E-state index < -0.39 is 0 Å². The Morgan fingerprint density at radius 3 is 2.75 bits per heavy atom. The molecule has 11 nitrogen and oxygen atoms in total. The van der Waals surface area contributed by atoms with Crippen molar-refractivity contribution < 1.29 is 14.6 Å². The number of nitrogens with zero attached hydrogens (tertiary/aromatic N) is 6. The maximum Gasteiger partial charge on any atom is 0.222 e. The first-order chi connectivity index (χ1) is 17.5. The van der Waals surface area contributed by atoms with Gasteiger partial charge in [0, 0.05) is 65.0 Å². The second kappa shape index (κ2) is 10.4. The van der Waals surface area contributed by atoms with Gasteiger partial charge in [0.25, 0.3) is 0 Å². The molecule has 2 aliphatic heterocycles. The van der Waals surface area contributed by atoms with Crippen LogP contribution in [0.25, 0.3) is 11.0 Å². The molecule has 36 heavy (non-hydrogen) atoms. The maximum absolute atomic E-state index is 12.6. The Kier molecular flexibility index (Phi) is 6.90. The molecule has 5 rings (SSSR count). The molecule has 0 spiro atoms. The average molecular weight is 493 g/mol. The number of rotatable bonds is 1. The molecular weight excluding hydrogens is 460 g/mol. The number of benzene rings is 1. The summed E-state index contributed by atoms with van der Waals surface area (Å²) in [7, 11) is 3.92. The van der Waals surface area contributed by atoms with Gasteiger partial charge in [-0.1, -0.05) is 0 Å². The van der Waals surface area contributed by atoms with Gasteiger partial charge in [-0.15, -0.1) is 0 Å². The van der Waals surface area contributed by atoms with Crippen LogP contribution in [0.3, 0.4) is 0 Å². The summed E-state index contributed by atoms with van der Waals surface area (Å²) in [5.74, 6) is 1.34. The number of aromatic nitrogens is 3. The zero-order valence-corrected chi connectivity index (χ0v) is 20.7. The van der Waals surface area contributed by atoms with Crippen LogP contribution in [0, 0.1) is 0 Å². The summed E-state index contributed by atoms with van der Waals surface area (Å²) >= 11 is 0. The highest BCUT2D eigenvalue weighted by Gasteiger charge is 2.20. The number of anilines is 2. The Morgan fingerprint density at radius 1 is 1.08 bits per heavy atom. The average Bonchev–Trinajstić information content (AvgIpc) is 3.21. The van der Waals surface area contributed by atoms with Crippen LogP contribution in [0.15, 0.2) is 29.5 Å². The second-order valence-corrected chi connectivity index (χ2v) is 9.23. The van der Waals surface area contributed by atoms with Crippen molar-refractivity contribution in [3.63, 3.8) is 0 Å². The van der Waals surface area contributed by atoms with Crippen molar-refractivity contribution in [1.82, 2.24) is 24.8 Å². The number of fused-ring (bicyclic) bond motifs is 2. The smallest absolute Gasteiger partial charge is 0.222 e. The zero-order chi connectivity index (χ0) is 25.1. The summed E-state index contributed by atoms with van der Waals surface area (Å²) in [4.78, 5) is 35.1. The molecule has 3 N–H and O–H groups in total. The van der Waals surface area contributed by atoms with Crippen molar-refractivity contribution in [2.75, 3.05) is 70.2 Å². The lowest BCUT2D eigenvalue weighted by Crippen LogP contribution is -2.44. The van der Waals surface area contributed by atoms with Crippen LogP contribution in [0.4, 0.5) is 17.2 Å². The number of likely N-dealkylation sites (N-methyl/N-ethyl adjacent to an activating group) is 2. The van der Waals surface area contributed by atoms with E-state index in [1.165, 1.54) is 6.33 Å². The third-order valence-electron chi connectivity index (χ3n) is 6.70. The zero-order valence-electron chi connectivity index (χ0n) is 20.7. The molecule has 0 saturated carbocycles. The molecule has 4 heterocycles. The summed E-state index contributed by atoms with van der Waals surface area (Å²) in [6.07, 6.45) is 4.08. The SMILES string of the molecule is CN1CCN(c2ccc3cc2OCCCC(=O)N(C)CCNc2ncnc4[nH]c(O)c(c24)C=N3)CC1. The fraction of sp³-hybridized carbons (Fsp3) is 0.440. The standard InChI is InChI=1S/C25H32N8O3/c1-31-9-11-33(12-10-31)19-6-5-17-14-20(19)36-13-3-4-21(34)32(2)8-7-26-23-22-18(15-27-17)25(35)30-24(22)29-16-28-23/h5-6,14-16,35H,3-4,7-13H2,1-2H3,(H2,26,28,29,30). The van der Waals surface area contributed by atoms with Crippen LogP contribution in [0.2, 0.25) is 0 Å². The molecule has 2 aromatic heterocycles. The van der Waals surface area contributed by atoms with E-state index in [0.29, 0.717) is 60.6 Å². The number of aromatic amines is 1. The van der Waals surface area contributed by atoms with E-state index in [1.807, 2.05) is 18.2 Å². The lowest BCUT2D eigenvalue weighted by molar-refractivity contribution is -0.129. The van der Waals surface area contributed by atoms with E-state index >= 15 is 0 Å². The van der Waals surface area contributed by atoms with E-state index in [9.17, 15) is 9.90 Å². The van der Waals surface area contributed by atoms with Gasteiger partial charge in [-0.3, -0.25) is 9.79 Å². The molecule has 0 atom stereocenters. The molecular formula is C25H32N8O3. The predicted molar refractivity (Wildman–Crippen MR) is 140 cm³/mol. The second-order valence-electron chi connectivity index (χ2n) is 9.23. The summed E-state index contributed by atoms with van der Waals surface area (Å²) in [5.41, 5.74) is 2.72. The number of H-pyrrole nitrogens is 1. The van der Waals surface area contributed by atoms with Gasteiger partial charge in [0.15, 0.2) is 5.88 Å². The lowest BCUT2D eigenvalue weighted by atomic mass is 10.2. The van der Waals surface area contributed by atoms with Crippen molar-refractivity contribution in [3.8, 4) is 11.6 Å². The van der Waals surface area contributed by atoms with Gasteiger partial charge in [-0.05, 0) is 25.6 Å². The first-order valence-corrected chi connectivity index (χ1v) is 12.3. The van der Waals surface area contributed by atoms with E-state index in [2.05, 4.69) is 42.1 Å². The largest absolute Gasteiger partial charge is 0.494 e. The molecule has 3 aromatic rings. The van der Waals surface area contributed by atoms with Gasteiger partial charge < -0.3 is 34.8 Å². The van der Waals surface area contributed by atoms with Gasteiger partial charge in [0.2, 0.25) is 5.91 Å². The minimum absolute atomic E-state index is 0.0342. The van der Waals surface area contributed by atoms with E-state index in [1.54, 1.807) is 18.2 Å². The fourth-order valence-electron chi connectivity index (χ4n) is 4.50. The van der Waals surface area contributed by atoms with Crippen molar-refractivity contribution in [3.05, 3.63) is 30.1 Å². The summed E-state index contributed by atoms with van der Waals surface area (Å²) in [6, 6.07) is 5.90. The molecule has 2 aliphatic rings. The van der Waals surface area contributed by atoms with Crippen molar-refractivity contribution in [1.29, 1.82) is 0 Å². The third kappa shape index (κ3) is 5.06. The Bertz CT molecular complexity index is 1270. The summed E-state index contributed by atoms with van der Waals surface area (Å²) in [6.45, 7) is 5.25. The summed E-state index contributed by atoms with van der Waals surface area (Å²) < 4.78 is 6.20. The summed E-state index contributed by atoms with van der Waals surface area (Å²) in [5, 5.41) is 14.5. The number of piperazine rings is 1. The first-order valence-electron chi connectivity index (χ1n) is 12.3. The highest BCUT2D eigenvalue weighted by atomic mass is 16.5. The predicted octanol–water partition coefficient (Wildman–Crippen LogP) is 2.21. The Hall–Kier alpha value is -3.86. The van der Waals surface area contributed by atoms with Gasteiger partial charge in [0.05, 0.1) is 28.9 Å². The van der Waals surface area contributed by atoms with Crippen LogP contribution in [0.5, 0.6) is 11.6 Å². The van der Waals surface area contributed by atoms with Crippen molar-refractivity contribution in [2.45, 2.75) is 12.8 Å². The highest BCUT2D eigenvalue weighted by Crippen LogP contribution is 2.34. The molecule has 0 unspecified atom stereocenters. The number of hydrogen-bond donors (Lipinski definition) is 3. The number of carbonyl (C=O) groups excluding carboxylic acids is 1. The monoisotopic (exact) mass is 492 g/mol. The van der Waals surface area contributed by atoms with Gasteiger partial charge in [0.1, 0.15) is 23.5 Å². The van der Waals surface area contributed by atoms with Gasteiger partial charge >= 0.3 is 0 Å². The lowest BCUT2D eigenvalue weighted by Gasteiger charge is -2.35. The molecule has 1 aromatic carbocycles. The van der Waals surface area contributed by atoms with Gasteiger partial charge in [-0.2, -0.15) is 0 Å². The number of aromatic hydroxyl groups is 1. The molecule has 1 fully saturated rings. The number of ether oxygens (including phenoxy) is 1. The maximum atomic E-state index is 12.6. The van der Waals surface area contributed by atoms with Crippen LogP contribution >= 0.6 is 0 Å². The van der Waals surface area contributed by atoms with Crippen LogP contribution < -0.4 is 15.0 Å². The van der Waals surface area contributed by atoms with Gasteiger partial charge in [-0.25, -0.2) is 9.97 Å². The first kappa shape index (κ1) is 23.9. The number of amides is 1. The normalized spacial score (nSPS) is 18.1. The third-order valence-corrected chi connectivity index (χ3v) is 6.70. The van der Waals surface area contributed by atoms with Crippen molar-refractivity contribution >= 4 is 40.3 Å². The molecule has 11 heteroatoms. The van der Waals surface area contributed by atoms with E-state index in [0.717, 1.165) is 37.6 Å². The fourth-order valence-corrected chi connectivity index (χ4v) is 4.50. The topological polar surface area (TPSA) is 122 Å². The molecule has 1 amide bonds. The highest BCUT2D eigenvalue weighted by molar-refractivity contribution is 6.06. The number of hydrogen-bond acceptors (Lipinski definition) is 9. The van der Waals surface area contributed by atoms with Crippen LogP contribution in [-0.2, 0) is 4.79 Å². The van der Waals surface area contributed by atoms with E-state index in [-0.39, 0.29) is 11.8 Å². The Labute approximate surface area is 209 Å². The Morgan fingerprint density at radius 2 is 1.92 bits per heavy atom. The van der Waals surface area contributed by atoms with Crippen molar-refractivity contribution in [2.24, 2.45) is 4.99 Å². The molecule has 190 valence electrons. The minimum atomic E-state index is -0.0342. The molecule has 1 saturated heterocycles. The van der Waals surface area contributed by atoms with E-state index in [4.69, 9.17) is 4.74 Å².